The summed E-state index contributed by atoms with van der Waals surface area (Å²) in [5, 5.41) is 6.54. The van der Waals surface area contributed by atoms with Crippen LogP contribution in [0, 0.1) is 0 Å². The number of hydrogen-bond donors (Lipinski definition) is 2. The Morgan fingerprint density at radius 1 is 1.16 bits per heavy atom. The van der Waals surface area contributed by atoms with Crippen molar-refractivity contribution < 1.29 is 14.4 Å². The van der Waals surface area contributed by atoms with Crippen LogP contribution in [0.1, 0.15) is 43.7 Å². The van der Waals surface area contributed by atoms with Crippen LogP contribution in [0.4, 0.5) is 5.82 Å². The second kappa shape index (κ2) is 11.6. The molecule has 3 heterocycles. The van der Waals surface area contributed by atoms with Gasteiger partial charge in [-0.2, -0.15) is 11.3 Å². The first kappa shape index (κ1) is 26.4. The smallest absolute Gasteiger partial charge is 0.271 e. The molecule has 1 aliphatic rings. The van der Waals surface area contributed by atoms with Gasteiger partial charge in [0, 0.05) is 32.3 Å². The molecule has 3 aromatic rings. The Hall–Kier alpha value is -3.63. The number of aromatic nitrogens is 2. The van der Waals surface area contributed by atoms with Crippen LogP contribution in [0.5, 0.6) is 0 Å². The fraction of sp³-hybridized carbons (Fsp3) is 0.370. The summed E-state index contributed by atoms with van der Waals surface area (Å²) in [4.78, 5) is 49.1. The Morgan fingerprint density at radius 3 is 2.54 bits per heavy atom. The molecule has 194 valence electrons. The van der Waals surface area contributed by atoms with Gasteiger partial charge < -0.3 is 20.5 Å². The number of amides is 3. The molecule has 0 bridgehead atoms. The zero-order chi connectivity index (χ0) is 26.4. The van der Waals surface area contributed by atoms with E-state index >= 15 is 0 Å². The van der Waals surface area contributed by atoms with E-state index < -0.39 is 17.4 Å². The number of nitrogens with two attached hydrogens (primary N) is 1. The standard InChI is InChI=1S/C27H32N6O3S/c1-27(2,28)26(36)30-22(14-19-10-13-37-17-19)24(34)31-23-16-32(18-29-23)15-21(20-8-4-3-5-9-20)25(35)33-11-6-7-12-33/h3-5,8-10,13,16-18,21H,6-7,11-12,14-15,28H2,1-2H3,(H,31,34)/t21-/m1/s1. The molecule has 3 amide bonds. The van der Waals surface area contributed by atoms with E-state index in [0.29, 0.717) is 12.4 Å². The van der Waals surface area contributed by atoms with Crippen molar-refractivity contribution in [1.29, 1.82) is 0 Å². The highest BCUT2D eigenvalue weighted by Gasteiger charge is 2.28. The number of imidazole rings is 1. The molecule has 0 unspecified atom stereocenters. The largest absolute Gasteiger partial charge is 0.342 e. The lowest BCUT2D eigenvalue weighted by atomic mass is 9.97. The molecule has 0 saturated carbocycles. The zero-order valence-electron chi connectivity index (χ0n) is 21.1. The van der Waals surface area contributed by atoms with Crippen molar-refractivity contribution in [3.05, 3.63) is 70.8 Å². The summed E-state index contributed by atoms with van der Waals surface area (Å²) in [6.45, 7) is 5.04. The number of nitrogens with one attached hydrogen (secondary N) is 1. The highest BCUT2D eigenvalue weighted by molar-refractivity contribution is 7.08. The van der Waals surface area contributed by atoms with E-state index in [2.05, 4.69) is 15.3 Å². The minimum absolute atomic E-state index is 0.0582. The topological polar surface area (TPSA) is 123 Å². The third kappa shape index (κ3) is 6.99. The van der Waals surface area contributed by atoms with Gasteiger partial charge in [0.2, 0.25) is 5.91 Å². The maximum absolute atomic E-state index is 13.3. The first-order valence-electron chi connectivity index (χ1n) is 12.3. The van der Waals surface area contributed by atoms with Crippen molar-refractivity contribution >= 4 is 40.6 Å². The molecular formula is C27H32N6O3S. The van der Waals surface area contributed by atoms with Crippen LogP contribution in [-0.2, 0) is 27.3 Å². The molecule has 3 N–H and O–H groups in total. The van der Waals surface area contributed by atoms with Gasteiger partial charge in [-0.05, 0) is 54.6 Å². The molecule has 37 heavy (non-hydrogen) atoms. The van der Waals surface area contributed by atoms with Crippen LogP contribution in [0.3, 0.4) is 0 Å². The fourth-order valence-electron chi connectivity index (χ4n) is 4.12. The third-order valence-electron chi connectivity index (χ3n) is 6.19. The molecule has 2 aromatic heterocycles. The number of carbonyl (C=O) groups excluding carboxylic acids is 3. The number of carbonyl (C=O) groups is 3. The maximum atomic E-state index is 13.3. The predicted molar refractivity (Wildman–Crippen MR) is 145 cm³/mol. The van der Waals surface area contributed by atoms with E-state index in [0.717, 1.165) is 37.1 Å². The molecule has 1 fully saturated rings. The first-order chi connectivity index (χ1) is 17.7. The summed E-state index contributed by atoms with van der Waals surface area (Å²) >= 11 is 1.50. The highest BCUT2D eigenvalue weighted by Crippen LogP contribution is 2.24. The van der Waals surface area contributed by atoms with Crippen molar-refractivity contribution in [2.75, 3.05) is 18.4 Å². The van der Waals surface area contributed by atoms with Gasteiger partial charge in [0.1, 0.15) is 5.71 Å². The van der Waals surface area contributed by atoms with Crippen LogP contribution in [0.15, 0.2) is 64.7 Å². The maximum Gasteiger partial charge on any atom is 0.271 e. The summed E-state index contributed by atoms with van der Waals surface area (Å²) in [5.41, 5.74) is 6.56. The van der Waals surface area contributed by atoms with Crippen molar-refractivity contribution in [2.24, 2.45) is 10.7 Å². The Balaban J connectivity index is 1.50. The van der Waals surface area contributed by atoms with E-state index in [1.165, 1.54) is 11.3 Å². The number of rotatable bonds is 9. The number of aliphatic imine (C=N–C) groups is 1. The van der Waals surface area contributed by atoms with E-state index in [4.69, 9.17) is 5.73 Å². The lowest BCUT2D eigenvalue weighted by molar-refractivity contribution is -0.132. The summed E-state index contributed by atoms with van der Waals surface area (Å²) < 4.78 is 1.80. The van der Waals surface area contributed by atoms with E-state index in [-0.39, 0.29) is 24.0 Å². The zero-order valence-corrected chi connectivity index (χ0v) is 21.9. The normalized spacial score (nSPS) is 15.0. The van der Waals surface area contributed by atoms with E-state index in [9.17, 15) is 14.4 Å². The fourth-order valence-corrected chi connectivity index (χ4v) is 4.79. The van der Waals surface area contributed by atoms with Crippen molar-refractivity contribution in [3.8, 4) is 0 Å². The Labute approximate surface area is 220 Å². The number of nitrogens with zero attached hydrogens (tertiary/aromatic N) is 4. The second-order valence-electron chi connectivity index (χ2n) is 9.80. The molecule has 0 spiro atoms. The molecular weight excluding hydrogens is 488 g/mol. The molecule has 1 aromatic carbocycles. The number of anilines is 1. The molecule has 1 saturated heterocycles. The number of benzene rings is 1. The predicted octanol–water partition coefficient (Wildman–Crippen LogP) is 3.24. The Kier molecular flexibility index (Phi) is 8.30. The van der Waals surface area contributed by atoms with E-state index in [1.54, 1.807) is 30.9 Å². The van der Waals surface area contributed by atoms with Gasteiger partial charge in [0.25, 0.3) is 11.8 Å². The van der Waals surface area contributed by atoms with Crippen LogP contribution >= 0.6 is 11.3 Å². The number of hydrogen-bond acceptors (Lipinski definition) is 6. The molecule has 1 atom stereocenters. The van der Waals surface area contributed by atoms with Gasteiger partial charge in [0.15, 0.2) is 5.82 Å². The van der Waals surface area contributed by atoms with Gasteiger partial charge >= 0.3 is 0 Å². The summed E-state index contributed by atoms with van der Waals surface area (Å²) in [6, 6.07) is 11.6. The average Bonchev–Trinajstić information content (AvgIpc) is 3.65. The van der Waals surface area contributed by atoms with Gasteiger partial charge in [0.05, 0.1) is 17.8 Å². The van der Waals surface area contributed by atoms with Crippen molar-refractivity contribution in [1.82, 2.24) is 14.5 Å². The molecule has 0 aliphatic carbocycles. The molecule has 10 heteroatoms. The lowest BCUT2D eigenvalue weighted by Gasteiger charge is -2.23. The summed E-state index contributed by atoms with van der Waals surface area (Å²) in [7, 11) is 0. The van der Waals surface area contributed by atoms with Crippen LogP contribution in [-0.4, -0.2) is 56.5 Å². The monoisotopic (exact) mass is 520 g/mol. The van der Waals surface area contributed by atoms with Crippen LogP contribution in [0.25, 0.3) is 0 Å². The van der Waals surface area contributed by atoms with Crippen molar-refractivity contribution in [3.63, 3.8) is 0 Å². The Morgan fingerprint density at radius 2 is 1.89 bits per heavy atom. The van der Waals surface area contributed by atoms with Crippen molar-refractivity contribution in [2.45, 2.75) is 51.1 Å². The minimum Gasteiger partial charge on any atom is -0.342 e. The second-order valence-corrected chi connectivity index (χ2v) is 10.6. The first-order valence-corrected chi connectivity index (χ1v) is 13.2. The highest BCUT2D eigenvalue weighted by atomic mass is 32.1. The minimum atomic E-state index is -1.20. The van der Waals surface area contributed by atoms with Crippen LogP contribution in [0.2, 0.25) is 0 Å². The van der Waals surface area contributed by atoms with E-state index in [1.807, 2.05) is 52.1 Å². The number of thiophene rings is 1. The molecule has 0 radical (unpaired) electrons. The molecule has 9 nitrogen and oxygen atoms in total. The average molecular weight is 521 g/mol. The van der Waals surface area contributed by atoms with Gasteiger partial charge in [-0.3, -0.25) is 14.4 Å². The van der Waals surface area contributed by atoms with Gasteiger partial charge in [-0.15, -0.1) is 0 Å². The summed E-state index contributed by atoms with van der Waals surface area (Å²) in [6.07, 6.45) is 5.51. The quantitative estimate of drug-likeness (QED) is 0.420. The van der Waals surface area contributed by atoms with Crippen LogP contribution < -0.4 is 11.1 Å². The van der Waals surface area contributed by atoms with Gasteiger partial charge in [-0.25, -0.2) is 9.98 Å². The molecule has 4 rings (SSSR count). The summed E-state index contributed by atoms with van der Waals surface area (Å²) in [5.74, 6) is -1.07. The van der Waals surface area contributed by atoms with Gasteiger partial charge in [-0.1, -0.05) is 30.3 Å². The number of likely N-dealkylation sites (tertiary alicyclic amines) is 1. The third-order valence-corrected chi connectivity index (χ3v) is 6.92. The molecule has 1 aliphatic heterocycles. The lowest BCUT2D eigenvalue weighted by Crippen LogP contribution is -2.41. The Bertz CT molecular complexity index is 1250. The SMILES string of the molecule is CC(C)(N)C(=O)N=C(Cc1ccsc1)C(=O)Nc1cn(C[C@@H](C(=O)N2CCCC2)c2ccccc2)cn1.